The van der Waals surface area contributed by atoms with Crippen molar-refractivity contribution in [3.63, 3.8) is 0 Å². The van der Waals surface area contributed by atoms with Crippen LogP contribution in [0.2, 0.25) is 0 Å². The van der Waals surface area contributed by atoms with Crippen molar-refractivity contribution < 1.29 is 9.53 Å². The maximum Gasteiger partial charge on any atom is 0.420 e. The van der Waals surface area contributed by atoms with Crippen LogP contribution in [0, 0.1) is 5.92 Å². The van der Waals surface area contributed by atoms with Crippen LogP contribution in [-0.4, -0.2) is 34.3 Å². The number of benzene rings is 1. The van der Waals surface area contributed by atoms with Crippen molar-refractivity contribution in [3.8, 4) is 0 Å². The second-order valence-corrected chi connectivity index (χ2v) is 8.88. The second-order valence-electron chi connectivity index (χ2n) is 8.88. The van der Waals surface area contributed by atoms with Gasteiger partial charge < -0.3 is 15.0 Å². The molecule has 0 unspecified atom stereocenters. The van der Waals surface area contributed by atoms with E-state index in [0.717, 1.165) is 37.3 Å². The van der Waals surface area contributed by atoms with Crippen LogP contribution in [0.25, 0.3) is 0 Å². The van der Waals surface area contributed by atoms with E-state index in [4.69, 9.17) is 4.74 Å². The Hall–Kier alpha value is -2.50. The van der Waals surface area contributed by atoms with Crippen LogP contribution in [0.4, 0.5) is 16.2 Å². The number of aromatic nitrogens is 2. The second kappa shape index (κ2) is 8.25. The number of nitrogens with one attached hydrogen (secondary N) is 1. The molecule has 3 rings (SSSR count). The molecule has 152 valence electrons. The maximum atomic E-state index is 12.5. The van der Waals surface area contributed by atoms with Gasteiger partial charge in [0.05, 0.1) is 18.4 Å². The fourth-order valence-electron chi connectivity index (χ4n) is 3.36. The van der Waals surface area contributed by atoms with Crippen LogP contribution in [0.3, 0.4) is 0 Å². The number of hydrogen-bond acceptors (Lipinski definition) is 5. The topological polar surface area (TPSA) is 59.4 Å². The first-order valence-corrected chi connectivity index (χ1v) is 10.1. The Kier molecular flexibility index (Phi) is 5.96. The molecule has 1 aromatic heterocycles. The molecule has 0 saturated carbocycles. The summed E-state index contributed by atoms with van der Waals surface area (Å²) < 4.78 is 7.02. The van der Waals surface area contributed by atoms with Crippen LogP contribution in [0.15, 0.2) is 30.7 Å². The van der Waals surface area contributed by atoms with Gasteiger partial charge in [-0.25, -0.2) is 14.3 Å². The Morgan fingerprint density at radius 3 is 2.82 bits per heavy atom. The molecule has 1 aliphatic heterocycles. The van der Waals surface area contributed by atoms with Gasteiger partial charge in [0.1, 0.15) is 11.9 Å². The van der Waals surface area contributed by atoms with Crippen LogP contribution < -0.4 is 10.2 Å². The van der Waals surface area contributed by atoms with Crippen molar-refractivity contribution in [2.45, 2.75) is 59.6 Å². The maximum absolute atomic E-state index is 12.5. The van der Waals surface area contributed by atoms with E-state index in [1.165, 1.54) is 22.1 Å². The summed E-state index contributed by atoms with van der Waals surface area (Å²) in [6.07, 6.45) is 5.09. The summed E-state index contributed by atoms with van der Waals surface area (Å²) in [6, 6.07) is 6.61. The molecule has 6 nitrogen and oxygen atoms in total. The highest BCUT2D eigenvalue weighted by Crippen LogP contribution is 2.31. The quantitative estimate of drug-likeness (QED) is 0.810. The van der Waals surface area contributed by atoms with Gasteiger partial charge in [-0.05, 0) is 57.2 Å². The van der Waals surface area contributed by atoms with Gasteiger partial charge in [-0.2, -0.15) is 0 Å². The Morgan fingerprint density at radius 1 is 1.32 bits per heavy atom. The first-order chi connectivity index (χ1) is 13.2. The zero-order valence-electron chi connectivity index (χ0n) is 17.7. The zero-order valence-corrected chi connectivity index (χ0v) is 17.7. The van der Waals surface area contributed by atoms with Gasteiger partial charge in [0.15, 0.2) is 0 Å². The number of anilines is 2. The third-order valence-corrected chi connectivity index (χ3v) is 4.67. The first kappa shape index (κ1) is 20.2. The average molecular weight is 385 g/mol. The summed E-state index contributed by atoms with van der Waals surface area (Å²) in [4.78, 5) is 19.0. The standard InChI is InChI=1S/C22H32N4O2/c1-16(2)12-24-18-9-8-17-7-6-10-25(20(17)11-18)14-19-13-23-15-26(19)21(27)28-22(3,4)5/h8-9,11,13,15-16,24H,6-7,10,12,14H2,1-5H3. The molecule has 0 radical (unpaired) electrons. The number of aryl methyl sites for hydroxylation is 1. The van der Waals surface area contributed by atoms with Gasteiger partial charge in [0.2, 0.25) is 0 Å². The number of hydrogen-bond donors (Lipinski definition) is 1. The fraction of sp³-hybridized carbons (Fsp3) is 0.545. The van der Waals surface area contributed by atoms with Crippen LogP contribution in [0.5, 0.6) is 0 Å². The molecule has 0 fully saturated rings. The summed E-state index contributed by atoms with van der Waals surface area (Å²) in [5.74, 6) is 0.593. The summed E-state index contributed by atoms with van der Waals surface area (Å²) in [7, 11) is 0. The molecule has 28 heavy (non-hydrogen) atoms. The van der Waals surface area contributed by atoms with Gasteiger partial charge in [-0.3, -0.25) is 0 Å². The van der Waals surface area contributed by atoms with Crippen molar-refractivity contribution in [1.29, 1.82) is 0 Å². The van der Waals surface area contributed by atoms with Crippen molar-refractivity contribution in [2.24, 2.45) is 5.92 Å². The number of nitrogens with zero attached hydrogens (tertiary/aromatic N) is 3. The number of carbonyl (C=O) groups is 1. The molecule has 0 spiro atoms. The molecule has 1 aromatic carbocycles. The van der Waals surface area contributed by atoms with E-state index in [9.17, 15) is 4.79 Å². The lowest BCUT2D eigenvalue weighted by molar-refractivity contribution is 0.0532. The minimum atomic E-state index is -0.534. The number of rotatable bonds is 5. The smallest absolute Gasteiger partial charge is 0.420 e. The number of carbonyl (C=O) groups excluding carboxylic acids is 1. The molecule has 1 N–H and O–H groups in total. The summed E-state index contributed by atoms with van der Waals surface area (Å²) in [5, 5.41) is 3.51. The lowest BCUT2D eigenvalue weighted by atomic mass is 10.0. The Labute approximate surface area is 167 Å². The first-order valence-electron chi connectivity index (χ1n) is 10.1. The molecule has 1 aliphatic rings. The largest absolute Gasteiger partial charge is 0.443 e. The molecule has 0 saturated heterocycles. The highest BCUT2D eigenvalue weighted by Gasteiger charge is 2.23. The molecule has 6 heteroatoms. The molecule has 0 bridgehead atoms. The summed E-state index contributed by atoms with van der Waals surface area (Å²) in [5.41, 5.74) is 4.03. The van der Waals surface area contributed by atoms with Gasteiger partial charge in [-0.15, -0.1) is 0 Å². The number of imidazole rings is 1. The third kappa shape index (κ3) is 5.06. The molecule has 0 amide bonds. The van der Waals surface area contributed by atoms with E-state index in [2.05, 4.69) is 47.2 Å². The van der Waals surface area contributed by atoms with Crippen molar-refractivity contribution in [2.75, 3.05) is 23.3 Å². The minimum Gasteiger partial charge on any atom is -0.443 e. The molecule has 0 aliphatic carbocycles. The average Bonchev–Trinajstić information content (AvgIpc) is 3.07. The fourth-order valence-corrected chi connectivity index (χ4v) is 3.36. The lowest BCUT2D eigenvalue weighted by Gasteiger charge is -2.32. The Bertz CT molecular complexity index is 820. The molecular formula is C22H32N4O2. The Balaban J connectivity index is 1.79. The van der Waals surface area contributed by atoms with Gasteiger partial charge in [0.25, 0.3) is 0 Å². The van der Waals surface area contributed by atoms with Crippen LogP contribution in [-0.2, 0) is 17.7 Å². The van der Waals surface area contributed by atoms with E-state index >= 15 is 0 Å². The van der Waals surface area contributed by atoms with Crippen molar-refractivity contribution in [1.82, 2.24) is 9.55 Å². The van der Waals surface area contributed by atoms with E-state index in [-0.39, 0.29) is 6.09 Å². The predicted octanol–water partition coefficient (Wildman–Crippen LogP) is 4.69. The molecule has 2 aromatic rings. The summed E-state index contributed by atoms with van der Waals surface area (Å²) >= 11 is 0. The molecule has 0 atom stereocenters. The highest BCUT2D eigenvalue weighted by molar-refractivity contribution is 5.72. The summed E-state index contributed by atoms with van der Waals surface area (Å²) in [6.45, 7) is 12.5. The third-order valence-electron chi connectivity index (χ3n) is 4.67. The predicted molar refractivity (Wildman–Crippen MR) is 113 cm³/mol. The number of ether oxygens (including phenoxy) is 1. The SMILES string of the molecule is CC(C)CNc1ccc2c(c1)N(Cc1cncn1C(=O)OC(C)(C)C)CCC2. The zero-order chi connectivity index (χ0) is 20.3. The van der Waals surface area contributed by atoms with E-state index in [0.29, 0.717) is 12.5 Å². The van der Waals surface area contributed by atoms with Gasteiger partial charge in [0, 0.05) is 24.5 Å². The van der Waals surface area contributed by atoms with Crippen molar-refractivity contribution >= 4 is 17.5 Å². The normalized spacial score (nSPS) is 14.1. The van der Waals surface area contributed by atoms with Crippen LogP contribution >= 0.6 is 0 Å². The van der Waals surface area contributed by atoms with E-state index in [1.54, 1.807) is 6.20 Å². The minimum absolute atomic E-state index is 0.385. The van der Waals surface area contributed by atoms with E-state index in [1.807, 2.05) is 20.8 Å². The van der Waals surface area contributed by atoms with E-state index < -0.39 is 5.60 Å². The lowest BCUT2D eigenvalue weighted by Crippen LogP contribution is -2.32. The highest BCUT2D eigenvalue weighted by atomic mass is 16.6. The van der Waals surface area contributed by atoms with Crippen LogP contribution in [0.1, 0.15) is 52.3 Å². The monoisotopic (exact) mass is 384 g/mol. The Morgan fingerprint density at radius 2 is 2.11 bits per heavy atom. The molecular weight excluding hydrogens is 352 g/mol. The number of fused-ring (bicyclic) bond motifs is 1. The van der Waals surface area contributed by atoms with Gasteiger partial charge in [-0.1, -0.05) is 19.9 Å². The molecule has 2 heterocycles. The van der Waals surface area contributed by atoms with Gasteiger partial charge >= 0.3 is 6.09 Å². The van der Waals surface area contributed by atoms with Crippen molar-refractivity contribution in [3.05, 3.63) is 42.0 Å².